The summed E-state index contributed by atoms with van der Waals surface area (Å²) in [6, 6.07) is 7.61. The highest BCUT2D eigenvalue weighted by atomic mass is 16.6. The van der Waals surface area contributed by atoms with E-state index in [1.807, 2.05) is 71.9 Å². The Bertz CT molecular complexity index is 827. The van der Waals surface area contributed by atoms with Crippen molar-refractivity contribution in [1.82, 2.24) is 15.5 Å². The molecule has 0 aliphatic heterocycles. The van der Waals surface area contributed by atoms with Gasteiger partial charge in [-0.3, -0.25) is 9.59 Å². The van der Waals surface area contributed by atoms with Crippen molar-refractivity contribution in [3.63, 3.8) is 0 Å². The lowest BCUT2D eigenvalue weighted by Crippen LogP contribution is -2.60. The number of nitrogens with zero attached hydrogens (tertiary/aromatic N) is 1. The summed E-state index contributed by atoms with van der Waals surface area (Å²) in [7, 11) is 0. The molecule has 7 nitrogen and oxygen atoms in total. The van der Waals surface area contributed by atoms with E-state index in [-0.39, 0.29) is 23.8 Å². The zero-order valence-electron chi connectivity index (χ0n) is 23.4. The maximum Gasteiger partial charge on any atom is 0.408 e. The number of carbonyl (C=O) groups excluding carboxylic acids is 3. The summed E-state index contributed by atoms with van der Waals surface area (Å²) in [6.45, 7) is 19.0. The Morgan fingerprint density at radius 3 is 1.97 bits per heavy atom. The number of amides is 3. The minimum Gasteiger partial charge on any atom is -0.444 e. The van der Waals surface area contributed by atoms with Crippen molar-refractivity contribution in [1.29, 1.82) is 0 Å². The molecule has 0 saturated carbocycles. The Kier molecular flexibility index (Phi) is 11.3. The van der Waals surface area contributed by atoms with Gasteiger partial charge in [0.25, 0.3) is 0 Å². The molecule has 0 aromatic heterocycles. The molecular weight excluding hydrogens is 442 g/mol. The number of rotatable bonds is 10. The lowest BCUT2D eigenvalue weighted by molar-refractivity contribution is -0.149. The van der Waals surface area contributed by atoms with Crippen molar-refractivity contribution in [2.24, 2.45) is 5.92 Å². The largest absolute Gasteiger partial charge is 0.444 e. The van der Waals surface area contributed by atoms with Gasteiger partial charge in [0.15, 0.2) is 0 Å². The van der Waals surface area contributed by atoms with E-state index < -0.39 is 29.3 Å². The number of alkyl carbamates (subject to hydrolysis) is 1. The van der Waals surface area contributed by atoms with Gasteiger partial charge in [-0.1, -0.05) is 63.9 Å². The second-order valence-electron chi connectivity index (χ2n) is 11.4. The molecule has 1 aromatic rings. The van der Waals surface area contributed by atoms with Crippen LogP contribution in [0, 0.1) is 5.92 Å². The molecule has 0 spiro atoms. The van der Waals surface area contributed by atoms with Crippen molar-refractivity contribution in [3.8, 4) is 0 Å². The summed E-state index contributed by atoms with van der Waals surface area (Å²) < 4.78 is 5.45. The zero-order valence-corrected chi connectivity index (χ0v) is 23.4. The third kappa shape index (κ3) is 9.54. The number of nitrogens with one attached hydrogen (secondary N) is 2. The molecule has 1 rings (SSSR count). The molecule has 0 aliphatic carbocycles. The monoisotopic (exact) mass is 489 g/mol. The summed E-state index contributed by atoms with van der Waals surface area (Å²) in [5, 5.41) is 5.89. The van der Waals surface area contributed by atoms with Gasteiger partial charge in [0.05, 0.1) is 0 Å². The van der Waals surface area contributed by atoms with Crippen molar-refractivity contribution in [2.45, 2.75) is 118 Å². The second kappa shape index (κ2) is 12.9. The molecule has 35 heavy (non-hydrogen) atoms. The predicted octanol–water partition coefficient (Wildman–Crippen LogP) is 5.60. The molecule has 0 bridgehead atoms. The Balaban J connectivity index is 3.52. The first kappa shape index (κ1) is 30.5. The van der Waals surface area contributed by atoms with E-state index >= 15 is 0 Å². The van der Waals surface area contributed by atoms with E-state index in [2.05, 4.69) is 17.6 Å². The lowest BCUT2D eigenvalue weighted by atomic mass is 9.91. The maximum absolute atomic E-state index is 14.2. The topological polar surface area (TPSA) is 87.7 Å². The zero-order chi connectivity index (χ0) is 27.0. The smallest absolute Gasteiger partial charge is 0.408 e. The van der Waals surface area contributed by atoms with Gasteiger partial charge < -0.3 is 20.3 Å². The SMILES string of the molecule is CCCC(C)NC(=O)C(c1ccccc1)N(C(=O)C(NC(=O)OC(C)(C)C)C(C)CC)C(C)(C)C. The second-order valence-corrected chi connectivity index (χ2v) is 11.4. The normalized spacial score (nSPS) is 15.4. The predicted molar refractivity (Wildman–Crippen MR) is 141 cm³/mol. The van der Waals surface area contributed by atoms with E-state index in [1.54, 1.807) is 25.7 Å². The molecule has 3 amide bonds. The molecule has 0 fully saturated rings. The summed E-state index contributed by atoms with van der Waals surface area (Å²) >= 11 is 0. The Morgan fingerprint density at radius 2 is 1.51 bits per heavy atom. The highest BCUT2D eigenvalue weighted by molar-refractivity contribution is 5.93. The van der Waals surface area contributed by atoms with Crippen LogP contribution >= 0.6 is 0 Å². The Labute approximate surface area is 212 Å². The summed E-state index contributed by atoms with van der Waals surface area (Å²) in [5.74, 6) is -0.719. The Morgan fingerprint density at radius 1 is 0.943 bits per heavy atom. The van der Waals surface area contributed by atoms with Gasteiger partial charge in [0, 0.05) is 11.6 Å². The minimum atomic E-state index is -0.852. The van der Waals surface area contributed by atoms with Crippen LogP contribution in [-0.2, 0) is 14.3 Å². The maximum atomic E-state index is 14.2. The number of hydrogen-bond donors (Lipinski definition) is 2. The van der Waals surface area contributed by atoms with Gasteiger partial charge in [0.2, 0.25) is 11.8 Å². The molecule has 4 unspecified atom stereocenters. The van der Waals surface area contributed by atoms with Crippen LogP contribution in [0.5, 0.6) is 0 Å². The van der Waals surface area contributed by atoms with Crippen LogP contribution in [-0.4, -0.2) is 46.0 Å². The molecular formula is C28H47N3O4. The van der Waals surface area contributed by atoms with Gasteiger partial charge >= 0.3 is 6.09 Å². The molecule has 1 aromatic carbocycles. The van der Waals surface area contributed by atoms with Gasteiger partial charge in [-0.25, -0.2) is 4.79 Å². The minimum absolute atomic E-state index is 0.0270. The van der Waals surface area contributed by atoms with E-state index in [4.69, 9.17) is 4.74 Å². The molecule has 2 N–H and O–H groups in total. The van der Waals surface area contributed by atoms with Crippen LogP contribution in [0.3, 0.4) is 0 Å². The van der Waals surface area contributed by atoms with Crippen LogP contribution in [0.25, 0.3) is 0 Å². The number of benzene rings is 1. The molecule has 0 radical (unpaired) electrons. The van der Waals surface area contributed by atoms with Gasteiger partial charge in [-0.05, 0) is 66.4 Å². The molecule has 0 heterocycles. The van der Waals surface area contributed by atoms with E-state index in [1.165, 1.54) is 0 Å². The standard InChI is InChI=1S/C28H47N3O4/c1-11-16-20(4)29-24(32)23(21-17-14-13-15-18-21)31(27(5,6)7)25(33)22(19(3)12-2)30-26(34)35-28(8,9)10/h13-15,17-20,22-23H,11-12,16H2,1-10H3,(H,29,32)(H,30,34). The van der Waals surface area contributed by atoms with Crippen molar-refractivity contribution >= 4 is 17.9 Å². The fourth-order valence-corrected chi connectivity index (χ4v) is 3.99. The number of ether oxygens (including phenoxy) is 1. The number of hydrogen-bond acceptors (Lipinski definition) is 4. The van der Waals surface area contributed by atoms with Crippen LogP contribution in [0.15, 0.2) is 30.3 Å². The van der Waals surface area contributed by atoms with E-state index in [0.29, 0.717) is 6.42 Å². The third-order valence-corrected chi connectivity index (χ3v) is 5.84. The third-order valence-electron chi connectivity index (χ3n) is 5.84. The van der Waals surface area contributed by atoms with Crippen molar-refractivity contribution in [2.75, 3.05) is 0 Å². The molecule has 0 saturated heterocycles. The summed E-state index contributed by atoms with van der Waals surface area (Å²) in [5.41, 5.74) is -0.680. The fourth-order valence-electron chi connectivity index (χ4n) is 3.99. The van der Waals surface area contributed by atoms with Crippen LogP contribution in [0.4, 0.5) is 4.79 Å². The van der Waals surface area contributed by atoms with Gasteiger partial charge in [-0.2, -0.15) is 0 Å². The molecule has 0 aliphatic rings. The van der Waals surface area contributed by atoms with Crippen LogP contribution < -0.4 is 10.6 Å². The number of carbonyl (C=O) groups is 3. The van der Waals surface area contributed by atoms with E-state index in [0.717, 1.165) is 18.4 Å². The summed E-state index contributed by atoms with van der Waals surface area (Å²) in [4.78, 5) is 42.2. The fraction of sp³-hybridized carbons (Fsp3) is 0.679. The first-order valence-electron chi connectivity index (χ1n) is 12.8. The van der Waals surface area contributed by atoms with Crippen LogP contribution in [0.1, 0.15) is 100 Å². The van der Waals surface area contributed by atoms with Gasteiger partial charge in [-0.15, -0.1) is 0 Å². The average Bonchev–Trinajstić information content (AvgIpc) is 2.73. The van der Waals surface area contributed by atoms with Crippen LogP contribution in [0.2, 0.25) is 0 Å². The Hall–Kier alpha value is -2.57. The highest BCUT2D eigenvalue weighted by Gasteiger charge is 2.43. The first-order chi connectivity index (χ1) is 16.1. The van der Waals surface area contributed by atoms with Crippen molar-refractivity contribution < 1.29 is 19.1 Å². The highest BCUT2D eigenvalue weighted by Crippen LogP contribution is 2.31. The first-order valence-corrected chi connectivity index (χ1v) is 12.8. The lowest BCUT2D eigenvalue weighted by Gasteiger charge is -2.44. The average molecular weight is 490 g/mol. The van der Waals surface area contributed by atoms with Crippen molar-refractivity contribution in [3.05, 3.63) is 35.9 Å². The van der Waals surface area contributed by atoms with E-state index in [9.17, 15) is 14.4 Å². The quantitative estimate of drug-likeness (QED) is 0.448. The molecule has 198 valence electrons. The van der Waals surface area contributed by atoms with Gasteiger partial charge in [0.1, 0.15) is 17.7 Å². The molecule has 4 atom stereocenters. The molecule has 7 heteroatoms. The summed E-state index contributed by atoms with van der Waals surface area (Å²) in [6.07, 6.45) is 1.80.